The Morgan fingerprint density at radius 3 is 2.78 bits per heavy atom. The summed E-state index contributed by atoms with van der Waals surface area (Å²) < 4.78 is 4.72. The number of oxime groups is 1. The summed E-state index contributed by atoms with van der Waals surface area (Å²) in [6, 6.07) is 3.31. The highest BCUT2D eigenvalue weighted by Gasteiger charge is 2.31. The number of methoxy groups -OCH3 is 1. The molecule has 0 bridgehead atoms. The highest BCUT2D eigenvalue weighted by Crippen LogP contribution is 2.34. The van der Waals surface area contributed by atoms with Crippen LogP contribution in [-0.2, 0) is 16.0 Å². The van der Waals surface area contributed by atoms with Crippen molar-refractivity contribution in [1.29, 1.82) is 0 Å². The zero-order chi connectivity index (χ0) is 13.3. The van der Waals surface area contributed by atoms with E-state index in [1.54, 1.807) is 12.1 Å². The van der Waals surface area contributed by atoms with Gasteiger partial charge in [-0.3, -0.25) is 4.79 Å². The minimum Gasteiger partial charge on any atom is -0.469 e. The first-order valence-corrected chi connectivity index (χ1v) is 6.09. The van der Waals surface area contributed by atoms with E-state index >= 15 is 0 Å². The van der Waals surface area contributed by atoms with E-state index in [-0.39, 0.29) is 11.9 Å². The van der Waals surface area contributed by atoms with E-state index in [0.29, 0.717) is 34.2 Å². The number of nitrogens with zero attached hydrogens (tertiary/aromatic N) is 1. The summed E-state index contributed by atoms with van der Waals surface area (Å²) in [7, 11) is 1.33. The first kappa shape index (κ1) is 13.2. The molecule has 1 aromatic rings. The van der Waals surface area contributed by atoms with Crippen molar-refractivity contribution in [2.24, 2.45) is 11.1 Å². The SMILES string of the molecule is COC(=O)C1C/C(=N\O)c2c(Cl)cc(Cl)cc2C1. The molecule has 0 spiro atoms. The van der Waals surface area contributed by atoms with Crippen molar-refractivity contribution < 1.29 is 14.7 Å². The molecule has 0 fully saturated rings. The molecule has 0 heterocycles. The van der Waals surface area contributed by atoms with Crippen molar-refractivity contribution in [1.82, 2.24) is 0 Å². The number of benzene rings is 1. The summed E-state index contributed by atoms with van der Waals surface area (Å²) in [5, 5.41) is 13.2. The van der Waals surface area contributed by atoms with E-state index in [9.17, 15) is 4.79 Å². The predicted molar refractivity (Wildman–Crippen MR) is 68.6 cm³/mol. The molecule has 1 aliphatic carbocycles. The molecule has 0 radical (unpaired) electrons. The smallest absolute Gasteiger partial charge is 0.309 e. The molecule has 18 heavy (non-hydrogen) atoms. The summed E-state index contributed by atoms with van der Waals surface area (Å²) in [6.07, 6.45) is 0.777. The van der Waals surface area contributed by atoms with Gasteiger partial charge in [-0.25, -0.2) is 0 Å². The lowest BCUT2D eigenvalue weighted by Gasteiger charge is -2.24. The second-order valence-electron chi connectivity index (χ2n) is 4.10. The minimum absolute atomic E-state index is 0.303. The van der Waals surface area contributed by atoms with E-state index < -0.39 is 0 Å². The Bertz CT molecular complexity index is 528. The Kier molecular flexibility index (Phi) is 3.78. The molecule has 0 aliphatic heterocycles. The van der Waals surface area contributed by atoms with Gasteiger partial charge in [0, 0.05) is 17.0 Å². The maximum atomic E-state index is 11.6. The van der Waals surface area contributed by atoms with Gasteiger partial charge in [0.05, 0.1) is 23.8 Å². The van der Waals surface area contributed by atoms with Gasteiger partial charge in [-0.1, -0.05) is 28.4 Å². The van der Waals surface area contributed by atoms with Gasteiger partial charge in [-0.05, 0) is 24.1 Å². The molecule has 0 saturated heterocycles. The number of carbonyl (C=O) groups is 1. The molecule has 1 aliphatic rings. The Balaban J connectivity index is 2.49. The molecule has 1 aromatic carbocycles. The summed E-state index contributed by atoms with van der Waals surface area (Å²) in [5.41, 5.74) is 1.83. The molecule has 1 N–H and O–H groups in total. The predicted octanol–water partition coefficient (Wildman–Crippen LogP) is 2.91. The van der Waals surface area contributed by atoms with Gasteiger partial charge in [0.25, 0.3) is 0 Å². The van der Waals surface area contributed by atoms with Gasteiger partial charge >= 0.3 is 5.97 Å². The number of esters is 1. The van der Waals surface area contributed by atoms with Crippen LogP contribution in [0.25, 0.3) is 0 Å². The lowest BCUT2D eigenvalue weighted by Crippen LogP contribution is -2.28. The number of hydrogen-bond acceptors (Lipinski definition) is 4. The van der Waals surface area contributed by atoms with Crippen LogP contribution in [0.2, 0.25) is 10.0 Å². The third kappa shape index (κ3) is 2.31. The normalized spacial score (nSPS) is 20.6. The van der Waals surface area contributed by atoms with Crippen molar-refractivity contribution in [2.75, 3.05) is 7.11 Å². The quantitative estimate of drug-likeness (QED) is 0.491. The number of ether oxygens (including phenoxy) is 1. The maximum Gasteiger partial charge on any atom is 0.309 e. The van der Waals surface area contributed by atoms with E-state index in [4.69, 9.17) is 33.1 Å². The molecular formula is C12H11Cl2NO3. The molecule has 0 saturated carbocycles. The van der Waals surface area contributed by atoms with Gasteiger partial charge in [0.15, 0.2) is 0 Å². The molecule has 1 unspecified atom stereocenters. The number of fused-ring (bicyclic) bond motifs is 1. The van der Waals surface area contributed by atoms with Crippen LogP contribution >= 0.6 is 23.2 Å². The van der Waals surface area contributed by atoms with Gasteiger partial charge in [0.2, 0.25) is 0 Å². The third-order valence-corrected chi connectivity index (χ3v) is 3.50. The number of carbonyl (C=O) groups excluding carboxylic acids is 1. The van der Waals surface area contributed by atoms with E-state index in [1.165, 1.54) is 7.11 Å². The molecule has 6 heteroatoms. The fourth-order valence-electron chi connectivity index (χ4n) is 2.21. The van der Waals surface area contributed by atoms with E-state index in [1.807, 2.05) is 0 Å². The second kappa shape index (κ2) is 5.16. The molecule has 1 atom stereocenters. The zero-order valence-corrected chi connectivity index (χ0v) is 11.1. The molecule has 2 rings (SSSR count). The topological polar surface area (TPSA) is 58.9 Å². The van der Waals surface area contributed by atoms with Gasteiger partial charge in [-0.2, -0.15) is 0 Å². The van der Waals surface area contributed by atoms with Gasteiger partial charge in [0.1, 0.15) is 0 Å². The Morgan fingerprint density at radius 2 is 2.17 bits per heavy atom. The fourth-order valence-corrected chi connectivity index (χ4v) is 2.85. The van der Waals surface area contributed by atoms with Crippen molar-refractivity contribution in [3.63, 3.8) is 0 Å². The highest BCUT2D eigenvalue weighted by atomic mass is 35.5. The van der Waals surface area contributed by atoms with Crippen molar-refractivity contribution in [3.05, 3.63) is 33.3 Å². The minimum atomic E-state index is -0.372. The van der Waals surface area contributed by atoms with Gasteiger partial charge < -0.3 is 9.94 Å². The molecule has 96 valence electrons. The second-order valence-corrected chi connectivity index (χ2v) is 4.94. The zero-order valence-electron chi connectivity index (χ0n) is 9.61. The van der Waals surface area contributed by atoms with Crippen LogP contribution in [0.1, 0.15) is 17.5 Å². The lowest BCUT2D eigenvalue weighted by atomic mass is 9.82. The average Bonchev–Trinajstić information content (AvgIpc) is 2.35. The van der Waals surface area contributed by atoms with Crippen LogP contribution in [0, 0.1) is 5.92 Å². The van der Waals surface area contributed by atoms with Crippen molar-refractivity contribution in [3.8, 4) is 0 Å². The largest absolute Gasteiger partial charge is 0.469 e. The van der Waals surface area contributed by atoms with Crippen LogP contribution in [0.5, 0.6) is 0 Å². The summed E-state index contributed by atoms with van der Waals surface area (Å²) >= 11 is 12.0. The molecule has 0 aromatic heterocycles. The summed E-state index contributed by atoms with van der Waals surface area (Å²) in [5.74, 6) is -0.708. The van der Waals surface area contributed by atoms with Crippen LogP contribution in [0.15, 0.2) is 17.3 Å². The Labute approximate surface area is 114 Å². The summed E-state index contributed by atoms with van der Waals surface area (Å²) in [6.45, 7) is 0. The van der Waals surface area contributed by atoms with Crippen molar-refractivity contribution in [2.45, 2.75) is 12.8 Å². The van der Waals surface area contributed by atoms with Crippen LogP contribution < -0.4 is 0 Å². The lowest BCUT2D eigenvalue weighted by molar-refractivity contribution is -0.145. The number of halogens is 2. The molecule has 0 amide bonds. The first-order chi connectivity index (χ1) is 8.56. The standard InChI is InChI=1S/C12H11Cl2NO3/c1-18-12(16)7-2-6-3-8(13)5-9(14)11(6)10(4-7)15-17/h3,5,7,17H,2,4H2,1H3/b15-10+. The van der Waals surface area contributed by atoms with Crippen LogP contribution in [0.4, 0.5) is 0 Å². The van der Waals surface area contributed by atoms with Crippen molar-refractivity contribution >= 4 is 34.9 Å². The summed E-state index contributed by atoms with van der Waals surface area (Å²) in [4.78, 5) is 11.6. The fraction of sp³-hybridized carbons (Fsp3) is 0.333. The first-order valence-electron chi connectivity index (χ1n) is 5.34. The van der Waals surface area contributed by atoms with Crippen LogP contribution in [-0.4, -0.2) is 24.0 Å². The third-order valence-electron chi connectivity index (χ3n) is 2.99. The van der Waals surface area contributed by atoms with Gasteiger partial charge in [-0.15, -0.1) is 0 Å². The van der Waals surface area contributed by atoms with Crippen LogP contribution in [0.3, 0.4) is 0 Å². The maximum absolute atomic E-state index is 11.6. The monoisotopic (exact) mass is 287 g/mol. The van der Waals surface area contributed by atoms with E-state index in [0.717, 1.165) is 5.56 Å². The molecule has 4 nitrogen and oxygen atoms in total. The molecular weight excluding hydrogens is 277 g/mol. The average molecular weight is 288 g/mol. The Hall–Kier alpha value is -1.26. The number of rotatable bonds is 1. The Morgan fingerprint density at radius 1 is 1.44 bits per heavy atom. The number of hydrogen-bond donors (Lipinski definition) is 1. The van der Waals surface area contributed by atoms with E-state index in [2.05, 4.69) is 5.16 Å². The highest BCUT2D eigenvalue weighted by molar-refractivity contribution is 6.37.